The van der Waals surface area contributed by atoms with Crippen LogP contribution in [0, 0.1) is 5.92 Å². The van der Waals surface area contributed by atoms with Crippen LogP contribution < -0.4 is 11.1 Å². The number of rotatable bonds is 6. The van der Waals surface area contributed by atoms with E-state index >= 15 is 0 Å². The van der Waals surface area contributed by atoms with Gasteiger partial charge in [-0.25, -0.2) is 0 Å². The number of furan rings is 1. The van der Waals surface area contributed by atoms with Gasteiger partial charge in [-0.15, -0.1) is 0 Å². The van der Waals surface area contributed by atoms with Gasteiger partial charge >= 0.3 is 0 Å². The second kappa shape index (κ2) is 5.44. The Morgan fingerprint density at radius 3 is 3.00 bits per heavy atom. The third-order valence-corrected chi connectivity index (χ3v) is 2.17. The van der Waals surface area contributed by atoms with Crippen LogP contribution in [0.1, 0.15) is 19.1 Å². The largest absolute Gasteiger partial charge is 0.468 e. The number of nitrogens with one attached hydrogen (secondary N) is 1. The standard InChI is InChI=1S/C10H16N2O2/c1-2-8(10(11)13)6-12-7-9-4-3-5-14-9/h3-5,8,12H,2,6-7H2,1H3,(H2,11,13). The highest BCUT2D eigenvalue weighted by atomic mass is 16.3. The Bertz CT molecular complexity index is 270. The summed E-state index contributed by atoms with van der Waals surface area (Å²) in [4.78, 5) is 10.9. The van der Waals surface area contributed by atoms with Crippen LogP contribution in [0.3, 0.4) is 0 Å². The van der Waals surface area contributed by atoms with Crippen LogP contribution in [0.4, 0.5) is 0 Å². The summed E-state index contributed by atoms with van der Waals surface area (Å²) in [5.74, 6) is 0.522. The van der Waals surface area contributed by atoms with E-state index in [-0.39, 0.29) is 11.8 Å². The predicted octanol–water partition coefficient (Wildman–Crippen LogP) is 0.881. The Hall–Kier alpha value is -1.29. The molecule has 1 unspecified atom stereocenters. The summed E-state index contributed by atoms with van der Waals surface area (Å²) in [6.45, 7) is 3.19. The van der Waals surface area contributed by atoms with Gasteiger partial charge in [0.2, 0.25) is 5.91 Å². The minimum absolute atomic E-state index is 0.0926. The highest BCUT2D eigenvalue weighted by molar-refractivity contribution is 5.76. The van der Waals surface area contributed by atoms with Gasteiger partial charge in [0.05, 0.1) is 12.8 Å². The molecular weight excluding hydrogens is 180 g/mol. The van der Waals surface area contributed by atoms with Crippen molar-refractivity contribution in [2.45, 2.75) is 19.9 Å². The molecule has 1 heterocycles. The molecule has 3 N–H and O–H groups in total. The molecule has 4 nitrogen and oxygen atoms in total. The average molecular weight is 196 g/mol. The fraction of sp³-hybridized carbons (Fsp3) is 0.500. The fourth-order valence-corrected chi connectivity index (χ4v) is 1.23. The minimum atomic E-state index is -0.251. The van der Waals surface area contributed by atoms with E-state index < -0.39 is 0 Å². The second-order valence-electron chi connectivity index (χ2n) is 3.22. The molecule has 0 bridgehead atoms. The maximum absolute atomic E-state index is 10.9. The predicted molar refractivity (Wildman–Crippen MR) is 53.4 cm³/mol. The second-order valence-corrected chi connectivity index (χ2v) is 3.22. The number of hydrogen-bond donors (Lipinski definition) is 2. The molecule has 0 fully saturated rings. The van der Waals surface area contributed by atoms with Gasteiger partial charge in [-0.2, -0.15) is 0 Å². The van der Waals surface area contributed by atoms with Gasteiger partial charge in [0.1, 0.15) is 5.76 Å². The molecule has 0 aliphatic rings. The number of nitrogens with two attached hydrogens (primary N) is 1. The lowest BCUT2D eigenvalue weighted by molar-refractivity contribution is -0.121. The summed E-state index contributed by atoms with van der Waals surface area (Å²) in [6, 6.07) is 3.72. The highest BCUT2D eigenvalue weighted by Crippen LogP contribution is 2.02. The minimum Gasteiger partial charge on any atom is -0.468 e. The normalized spacial score (nSPS) is 12.6. The van der Waals surface area contributed by atoms with Gasteiger partial charge < -0.3 is 15.5 Å². The Labute approximate surface area is 83.5 Å². The van der Waals surface area contributed by atoms with Gasteiger partial charge in [-0.1, -0.05) is 6.92 Å². The van der Waals surface area contributed by atoms with Crippen LogP contribution in [-0.4, -0.2) is 12.5 Å². The van der Waals surface area contributed by atoms with Crippen LogP contribution in [-0.2, 0) is 11.3 Å². The smallest absolute Gasteiger partial charge is 0.221 e. The third kappa shape index (κ3) is 3.22. The van der Waals surface area contributed by atoms with Gasteiger partial charge in [-0.05, 0) is 18.6 Å². The van der Waals surface area contributed by atoms with E-state index in [1.807, 2.05) is 19.1 Å². The molecular formula is C10H16N2O2. The number of carbonyl (C=O) groups is 1. The quantitative estimate of drug-likeness (QED) is 0.709. The zero-order chi connectivity index (χ0) is 10.4. The van der Waals surface area contributed by atoms with Gasteiger partial charge in [0.25, 0.3) is 0 Å². The molecule has 1 atom stereocenters. The van der Waals surface area contributed by atoms with E-state index in [0.29, 0.717) is 13.1 Å². The molecule has 0 aliphatic carbocycles. The van der Waals surface area contributed by atoms with Gasteiger partial charge in [0.15, 0.2) is 0 Å². The van der Waals surface area contributed by atoms with Crippen molar-refractivity contribution in [1.29, 1.82) is 0 Å². The molecule has 1 rings (SSSR count). The van der Waals surface area contributed by atoms with Gasteiger partial charge in [0, 0.05) is 12.5 Å². The molecule has 0 aromatic carbocycles. The van der Waals surface area contributed by atoms with Crippen molar-refractivity contribution in [3.05, 3.63) is 24.2 Å². The van der Waals surface area contributed by atoms with Crippen molar-refractivity contribution in [1.82, 2.24) is 5.32 Å². The van der Waals surface area contributed by atoms with Crippen LogP contribution in [0.5, 0.6) is 0 Å². The van der Waals surface area contributed by atoms with Crippen molar-refractivity contribution >= 4 is 5.91 Å². The first-order valence-electron chi connectivity index (χ1n) is 4.76. The number of hydrogen-bond acceptors (Lipinski definition) is 3. The first-order valence-corrected chi connectivity index (χ1v) is 4.76. The molecule has 78 valence electrons. The van der Waals surface area contributed by atoms with Crippen molar-refractivity contribution in [2.24, 2.45) is 11.7 Å². The molecule has 0 aliphatic heterocycles. The van der Waals surface area contributed by atoms with Crippen LogP contribution in [0.15, 0.2) is 22.8 Å². The molecule has 1 aromatic rings. The molecule has 1 amide bonds. The maximum atomic E-state index is 10.9. The van der Waals surface area contributed by atoms with Crippen molar-refractivity contribution in [3.63, 3.8) is 0 Å². The van der Waals surface area contributed by atoms with Crippen molar-refractivity contribution in [3.8, 4) is 0 Å². The van der Waals surface area contributed by atoms with E-state index in [2.05, 4.69) is 5.32 Å². The van der Waals surface area contributed by atoms with E-state index in [0.717, 1.165) is 12.2 Å². The summed E-state index contributed by atoms with van der Waals surface area (Å²) < 4.78 is 5.13. The lowest BCUT2D eigenvalue weighted by Gasteiger charge is -2.10. The van der Waals surface area contributed by atoms with E-state index in [1.54, 1.807) is 6.26 Å². The molecule has 0 saturated carbocycles. The zero-order valence-electron chi connectivity index (χ0n) is 8.32. The molecule has 0 saturated heterocycles. The maximum Gasteiger partial charge on any atom is 0.221 e. The number of amides is 1. The van der Waals surface area contributed by atoms with E-state index in [4.69, 9.17) is 10.2 Å². The molecule has 0 radical (unpaired) electrons. The van der Waals surface area contributed by atoms with Crippen LogP contribution in [0.25, 0.3) is 0 Å². The number of primary amides is 1. The van der Waals surface area contributed by atoms with Crippen molar-refractivity contribution in [2.75, 3.05) is 6.54 Å². The van der Waals surface area contributed by atoms with Gasteiger partial charge in [-0.3, -0.25) is 4.79 Å². The molecule has 1 aromatic heterocycles. The van der Waals surface area contributed by atoms with Crippen LogP contribution >= 0.6 is 0 Å². The summed E-state index contributed by atoms with van der Waals surface area (Å²) >= 11 is 0. The monoisotopic (exact) mass is 196 g/mol. The Kier molecular flexibility index (Phi) is 4.19. The van der Waals surface area contributed by atoms with E-state index in [1.165, 1.54) is 0 Å². The SMILES string of the molecule is CCC(CNCc1ccco1)C(N)=O. The lowest BCUT2D eigenvalue weighted by Crippen LogP contribution is -2.32. The summed E-state index contributed by atoms with van der Waals surface area (Å²) in [7, 11) is 0. The van der Waals surface area contributed by atoms with E-state index in [9.17, 15) is 4.79 Å². The zero-order valence-corrected chi connectivity index (χ0v) is 8.32. The topological polar surface area (TPSA) is 68.3 Å². The lowest BCUT2D eigenvalue weighted by atomic mass is 10.1. The first kappa shape index (κ1) is 10.8. The molecule has 0 spiro atoms. The number of carbonyl (C=O) groups excluding carboxylic acids is 1. The average Bonchev–Trinajstić information content (AvgIpc) is 2.64. The van der Waals surface area contributed by atoms with Crippen molar-refractivity contribution < 1.29 is 9.21 Å². The molecule has 14 heavy (non-hydrogen) atoms. The van der Waals surface area contributed by atoms with Crippen LogP contribution in [0.2, 0.25) is 0 Å². The Morgan fingerprint density at radius 1 is 1.71 bits per heavy atom. The third-order valence-electron chi connectivity index (χ3n) is 2.17. The summed E-state index contributed by atoms with van der Waals surface area (Å²) in [5.41, 5.74) is 5.20. The first-order chi connectivity index (χ1) is 6.74. The Balaban J connectivity index is 2.23. The highest BCUT2D eigenvalue weighted by Gasteiger charge is 2.11. The molecule has 4 heteroatoms. The summed E-state index contributed by atoms with van der Waals surface area (Å²) in [6.07, 6.45) is 2.39. The fourth-order valence-electron chi connectivity index (χ4n) is 1.23. The Morgan fingerprint density at radius 2 is 2.50 bits per heavy atom. The summed E-state index contributed by atoms with van der Waals surface area (Å²) in [5, 5.41) is 3.13.